The van der Waals surface area contributed by atoms with E-state index in [1.165, 1.54) is 25.7 Å². The van der Waals surface area contributed by atoms with Crippen LogP contribution >= 0.6 is 11.3 Å². The molecule has 0 amide bonds. The van der Waals surface area contributed by atoms with Gasteiger partial charge in [0.25, 0.3) is 0 Å². The van der Waals surface area contributed by atoms with Crippen molar-refractivity contribution < 1.29 is 14.3 Å². The Morgan fingerprint density at radius 3 is 2.78 bits per heavy atom. The van der Waals surface area contributed by atoms with Gasteiger partial charge in [-0.05, 0) is 55.3 Å². The first-order valence-corrected chi connectivity index (χ1v) is 10.5. The number of aryl methyl sites for hydroxylation is 2. The summed E-state index contributed by atoms with van der Waals surface area (Å²) in [5.41, 5.74) is 3.81. The number of Topliss-reactive ketones (excluding diaryl/α,β-unsaturated/α-hetero) is 1. The lowest BCUT2D eigenvalue weighted by Crippen LogP contribution is -2.39. The third kappa shape index (κ3) is 2.80. The van der Waals surface area contributed by atoms with E-state index in [-0.39, 0.29) is 5.78 Å². The largest absolute Gasteiger partial charge is 0.478 e. The van der Waals surface area contributed by atoms with Gasteiger partial charge in [-0.2, -0.15) is 0 Å². The van der Waals surface area contributed by atoms with Gasteiger partial charge < -0.3 is 9.47 Å². The molecule has 2 aromatic rings. The summed E-state index contributed by atoms with van der Waals surface area (Å²) in [6.45, 7) is 5.43. The molecule has 0 unspecified atom stereocenters. The summed E-state index contributed by atoms with van der Waals surface area (Å²) in [6.07, 6.45) is 6.93. The molecule has 1 aliphatic carbocycles. The number of carbonyl (C=O) groups excluding carboxylic acids is 1. The highest BCUT2D eigenvalue weighted by Crippen LogP contribution is 2.45. The van der Waals surface area contributed by atoms with Crippen LogP contribution < -0.4 is 9.47 Å². The predicted molar refractivity (Wildman–Crippen MR) is 106 cm³/mol. The molecule has 0 spiro atoms. The molecule has 27 heavy (non-hydrogen) atoms. The van der Waals surface area contributed by atoms with Crippen molar-refractivity contribution in [3.63, 3.8) is 0 Å². The Kier molecular flexibility index (Phi) is 4.10. The van der Waals surface area contributed by atoms with Crippen molar-refractivity contribution in [1.82, 2.24) is 4.90 Å². The molecule has 3 aliphatic rings. The van der Waals surface area contributed by atoms with Crippen molar-refractivity contribution in [2.24, 2.45) is 0 Å². The van der Waals surface area contributed by atoms with E-state index in [9.17, 15) is 4.79 Å². The molecule has 0 radical (unpaired) electrons. The number of fused-ring (bicyclic) bond motifs is 3. The first kappa shape index (κ1) is 17.0. The van der Waals surface area contributed by atoms with Gasteiger partial charge in [-0.25, -0.2) is 0 Å². The van der Waals surface area contributed by atoms with Gasteiger partial charge >= 0.3 is 0 Å². The predicted octanol–water partition coefficient (Wildman–Crippen LogP) is 5.08. The van der Waals surface area contributed by atoms with Crippen LogP contribution in [-0.4, -0.2) is 23.5 Å². The Morgan fingerprint density at radius 1 is 1.22 bits per heavy atom. The zero-order valence-corrected chi connectivity index (χ0v) is 16.5. The fraction of sp³-hybridized carbons (Fsp3) is 0.409. The quantitative estimate of drug-likeness (QED) is 0.681. The molecule has 1 saturated carbocycles. The maximum atomic E-state index is 13.0. The number of rotatable bonds is 2. The van der Waals surface area contributed by atoms with E-state index in [1.54, 1.807) is 11.3 Å². The van der Waals surface area contributed by atoms with Gasteiger partial charge in [0.2, 0.25) is 5.78 Å². The van der Waals surface area contributed by atoms with Crippen LogP contribution in [-0.2, 0) is 6.54 Å². The number of thiophene rings is 1. The Hall–Kier alpha value is -2.11. The summed E-state index contributed by atoms with van der Waals surface area (Å²) in [5, 5.41) is 2.04. The van der Waals surface area contributed by atoms with Crippen LogP contribution in [0.2, 0.25) is 0 Å². The second-order valence-electron chi connectivity index (χ2n) is 7.74. The summed E-state index contributed by atoms with van der Waals surface area (Å²) >= 11 is 1.63. The zero-order valence-electron chi connectivity index (χ0n) is 15.7. The van der Waals surface area contributed by atoms with Gasteiger partial charge in [-0.3, -0.25) is 9.69 Å². The minimum Gasteiger partial charge on any atom is -0.478 e. The SMILES string of the molecule is Cc1ccsc1/C=C1\Oc2c3c(cc(C)c2C1=O)OCN(C1CCCC1)C3. The van der Waals surface area contributed by atoms with E-state index in [2.05, 4.69) is 17.9 Å². The van der Waals surface area contributed by atoms with Crippen LogP contribution in [0.25, 0.3) is 6.08 Å². The highest BCUT2D eigenvalue weighted by atomic mass is 32.1. The normalized spacial score (nSPS) is 21.3. The van der Waals surface area contributed by atoms with Crippen LogP contribution in [0, 0.1) is 13.8 Å². The zero-order chi connectivity index (χ0) is 18.5. The van der Waals surface area contributed by atoms with Crippen molar-refractivity contribution >= 4 is 23.2 Å². The number of hydrogen-bond donors (Lipinski definition) is 0. The molecule has 0 saturated heterocycles. The van der Waals surface area contributed by atoms with E-state index >= 15 is 0 Å². The van der Waals surface area contributed by atoms with Gasteiger partial charge in [0.05, 0.1) is 11.1 Å². The molecule has 0 bridgehead atoms. The fourth-order valence-corrected chi connectivity index (χ4v) is 5.25. The molecule has 5 rings (SSSR count). The van der Waals surface area contributed by atoms with E-state index < -0.39 is 0 Å². The molecule has 3 heterocycles. The average molecular weight is 381 g/mol. The fourth-order valence-electron chi connectivity index (χ4n) is 4.40. The van der Waals surface area contributed by atoms with Gasteiger partial charge in [0.1, 0.15) is 18.2 Å². The molecule has 140 valence electrons. The third-order valence-corrected chi connectivity index (χ3v) is 6.92. The second-order valence-corrected chi connectivity index (χ2v) is 8.69. The molecule has 1 aromatic carbocycles. The van der Waals surface area contributed by atoms with Crippen LogP contribution in [0.15, 0.2) is 23.3 Å². The van der Waals surface area contributed by atoms with E-state index in [0.717, 1.165) is 33.9 Å². The Morgan fingerprint density at radius 2 is 2.04 bits per heavy atom. The molecular formula is C22H23NO3S. The number of allylic oxidation sites excluding steroid dienone is 1. The minimum absolute atomic E-state index is 0.0175. The summed E-state index contributed by atoms with van der Waals surface area (Å²) in [5.74, 6) is 1.97. The maximum absolute atomic E-state index is 13.0. The first-order chi connectivity index (χ1) is 13.1. The number of ether oxygens (including phenoxy) is 2. The Bertz CT molecular complexity index is 953. The monoisotopic (exact) mass is 381 g/mol. The standard InChI is InChI=1S/C22H23NO3S/c1-13-7-8-27-19(13)10-18-21(24)20-14(2)9-17-16(22(20)26-18)11-23(12-25-17)15-5-3-4-6-15/h7-10,15H,3-6,11-12H2,1-2H3/b18-10-. The van der Waals surface area contributed by atoms with Crippen molar-refractivity contribution in [1.29, 1.82) is 0 Å². The molecule has 0 N–H and O–H groups in total. The van der Waals surface area contributed by atoms with Crippen LogP contribution in [0.5, 0.6) is 11.5 Å². The highest BCUT2D eigenvalue weighted by molar-refractivity contribution is 7.11. The molecular weight excluding hydrogens is 358 g/mol. The molecule has 4 nitrogen and oxygen atoms in total. The molecule has 1 aromatic heterocycles. The third-order valence-electron chi connectivity index (χ3n) is 5.96. The first-order valence-electron chi connectivity index (χ1n) is 9.63. The number of carbonyl (C=O) groups is 1. The van der Waals surface area contributed by atoms with E-state index in [1.807, 2.05) is 24.4 Å². The summed E-state index contributed by atoms with van der Waals surface area (Å²) < 4.78 is 12.2. The van der Waals surface area contributed by atoms with Crippen molar-refractivity contribution in [2.45, 2.75) is 52.1 Å². The van der Waals surface area contributed by atoms with Crippen LogP contribution in [0.1, 0.15) is 57.6 Å². The van der Waals surface area contributed by atoms with Gasteiger partial charge in [0, 0.05) is 23.5 Å². The summed E-state index contributed by atoms with van der Waals surface area (Å²) in [7, 11) is 0. The second kappa shape index (κ2) is 6.50. The number of benzene rings is 1. The molecule has 2 aliphatic heterocycles. The van der Waals surface area contributed by atoms with E-state index in [4.69, 9.17) is 9.47 Å². The lowest BCUT2D eigenvalue weighted by atomic mass is 9.98. The van der Waals surface area contributed by atoms with Crippen molar-refractivity contribution in [3.05, 3.63) is 50.4 Å². The van der Waals surface area contributed by atoms with Gasteiger partial charge in [-0.1, -0.05) is 12.8 Å². The van der Waals surface area contributed by atoms with Gasteiger partial charge in [-0.15, -0.1) is 11.3 Å². The lowest BCUT2D eigenvalue weighted by molar-refractivity contribution is 0.0567. The van der Waals surface area contributed by atoms with Crippen molar-refractivity contribution in [2.75, 3.05) is 6.73 Å². The van der Waals surface area contributed by atoms with Crippen LogP contribution in [0.3, 0.4) is 0 Å². The molecule has 1 fully saturated rings. The molecule has 0 atom stereocenters. The minimum atomic E-state index is -0.0175. The van der Waals surface area contributed by atoms with E-state index in [0.29, 0.717) is 29.8 Å². The van der Waals surface area contributed by atoms with Crippen molar-refractivity contribution in [3.8, 4) is 11.5 Å². The smallest absolute Gasteiger partial charge is 0.232 e. The number of nitrogens with zero attached hydrogens (tertiary/aromatic N) is 1. The average Bonchev–Trinajstić information content (AvgIpc) is 3.38. The topological polar surface area (TPSA) is 38.8 Å². The summed E-state index contributed by atoms with van der Waals surface area (Å²) in [6, 6.07) is 4.64. The lowest BCUT2D eigenvalue weighted by Gasteiger charge is -2.34. The van der Waals surface area contributed by atoms with Gasteiger partial charge in [0.15, 0.2) is 5.76 Å². The number of hydrogen-bond acceptors (Lipinski definition) is 5. The van der Waals surface area contributed by atoms with Crippen LogP contribution in [0.4, 0.5) is 0 Å². The summed E-state index contributed by atoms with van der Waals surface area (Å²) in [4.78, 5) is 16.5. The maximum Gasteiger partial charge on any atom is 0.232 e. The highest BCUT2D eigenvalue weighted by Gasteiger charge is 2.37. The Labute approximate surface area is 163 Å². The Balaban J connectivity index is 1.53. The number of ketones is 1. The molecule has 5 heteroatoms.